The van der Waals surface area contributed by atoms with E-state index in [4.69, 9.17) is 24.7 Å². The summed E-state index contributed by atoms with van der Waals surface area (Å²) in [4.78, 5) is 12.6. The third-order valence-electron chi connectivity index (χ3n) is 6.49. The Hall–Kier alpha value is -3.24. The van der Waals surface area contributed by atoms with Gasteiger partial charge in [-0.25, -0.2) is 5.53 Å². The minimum absolute atomic E-state index is 0.251. The van der Waals surface area contributed by atoms with E-state index >= 15 is 0 Å². The topological polar surface area (TPSA) is 130 Å². The van der Waals surface area contributed by atoms with Crippen LogP contribution in [-0.4, -0.2) is 54.2 Å². The van der Waals surface area contributed by atoms with Gasteiger partial charge in [0.25, 0.3) is 0 Å². The molecule has 5 rings (SSSR count). The third kappa shape index (κ3) is 4.11. The van der Waals surface area contributed by atoms with Gasteiger partial charge in [0.05, 0.1) is 31.4 Å². The zero-order valence-electron chi connectivity index (χ0n) is 18.9. The van der Waals surface area contributed by atoms with Crippen molar-refractivity contribution in [2.75, 3.05) is 38.0 Å². The van der Waals surface area contributed by atoms with Crippen LogP contribution in [0.25, 0.3) is 22.2 Å². The highest BCUT2D eigenvalue weighted by Crippen LogP contribution is 2.39. The predicted molar refractivity (Wildman–Crippen MR) is 125 cm³/mol. The Morgan fingerprint density at radius 2 is 2.00 bits per heavy atom. The van der Waals surface area contributed by atoms with Crippen molar-refractivity contribution in [1.29, 1.82) is 5.53 Å². The first-order chi connectivity index (χ1) is 16.1. The molecule has 10 nitrogen and oxygen atoms in total. The van der Waals surface area contributed by atoms with Gasteiger partial charge >= 0.3 is 0 Å². The zero-order valence-corrected chi connectivity index (χ0v) is 18.9. The Labute approximate surface area is 191 Å². The molecule has 0 radical (unpaired) electrons. The number of fused-ring (bicyclic) bond motifs is 1. The third-order valence-corrected chi connectivity index (χ3v) is 6.49. The number of nitrogens with zero attached hydrogens (tertiary/aromatic N) is 3. The summed E-state index contributed by atoms with van der Waals surface area (Å²) in [7, 11) is 3.43. The van der Waals surface area contributed by atoms with Crippen molar-refractivity contribution >= 4 is 28.4 Å². The van der Waals surface area contributed by atoms with Gasteiger partial charge in [-0.3, -0.25) is 0 Å². The van der Waals surface area contributed by atoms with Gasteiger partial charge < -0.3 is 29.8 Å². The molecule has 3 heterocycles. The second-order valence-electron chi connectivity index (χ2n) is 8.46. The van der Waals surface area contributed by atoms with Crippen LogP contribution in [0.3, 0.4) is 0 Å². The molecule has 1 saturated heterocycles. The van der Waals surface area contributed by atoms with Gasteiger partial charge in [0, 0.05) is 37.7 Å². The van der Waals surface area contributed by atoms with Gasteiger partial charge in [-0.1, -0.05) is 6.07 Å². The second-order valence-corrected chi connectivity index (χ2v) is 8.46. The van der Waals surface area contributed by atoms with Crippen LogP contribution in [0.2, 0.25) is 0 Å². The first kappa shape index (κ1) is 21.6. The monoisotopic (exact) mass is 451 g/mol. The van der Waals surface area contributed by atoms with Crippen molar-refractivity contribution in [1.82, 2.24) is 15.0 Å². The molecule has 2 fully saturated rings. The summed E-state index contributed by atoms with van der Waals surface area (Å²) in [5.74, 6) is 0.645. The smallest absolute Gasteiger partial charge is 0.228 e. The van der Waals surface area contributed by atoms with Crippen molar-refractivity contribution in [2.45, 2.75) is 43.9 Å². The normalized spacial score (nSPS) is 18.4. The van der Waals surface area contributed by atoms with Gasteiger partial charge in [0.2, 0.25) is 11.8 Å². The number of hydrogen-bond donors (Lipinski definition) is 4. The first-order valence-corrected chi connectivity index (χ1v) is 11.3. The number of aromatic amines is 1. The lowest BCUT2D eigenvalue weighted by Crippen LogP contribution is -2.45. The zero-order chi connectivity index (χ0) is 22.8. The molecule has 1 saturated carbocycles. The quantitative estimate of drug-likeness (QED) is 0.395. The molecule has 174 valence electrons. The SMILES string of the molecule is CNc1cc(-c2c[nH]c3nc(NC4CCC5(CC4)OCCCO5)nc(OC)c23)ccc1N=N. The molecule has 3 aromatic rings. The Morgan fingerprint density at radius 3 is 2.70 bits per heavy atom. The van der Waals surface area contributed by atoms with Gasteiger partial charge in [-0.05, 0) is 37.0 Å². The summed E-state index contributed by atoms with van der Waals surface area (Å²) in [6, 6.07) is 5.94. The number of ether oxygens (including phenoxy) is 3. The van der Waals surface area contributed by atoms with Crippen LogP contribution in [0.15, 0.2) is 29.5 Å². The van der Waals surface area contributed by atoms with Crippen molar-refractivity contribution in [3.05, 3.63) is 24.4 Å². The number of benzene rings is 1. The molecule has 1 aliphatic heterocycles. The predicted octanol–water partition coefficient (Wildman–Crippen LogP) is 4.83. The minimum atomic E-state index is -0.401. The van der Waals surface area contributed by atoms with Crippen LogP contribution in [0, 0.1) is 5.53 Å². The second kappa shape index (κ2) is 8.95. The Bertz CT molecular complexity index is 1150. The fourth-order valence-electron chi connectivity index (χ4n) is 4.73. The maximum absolute atomic E-state index is 7.33. The van der Waals surface area contributed by atoms with E-state index in [1.165, 1.54) is 0 Å². The summed E-state index contributed by atoms with van der Waals surface area (Å²) < 4.78 is 17.5. The lowest BCUT2D eigenvalue weighted by molar-refractivity contribution is -0.280. The molecular formula is C23H29N7O3. The molecule has 1 aromatic carbocycles. The summed E-state index contributed by atoms with van der Waals surface area (Å²) in [6.07, 6.45) is 6.46. The molecule has 0 amide bonds. The highest BCUT2D eigenvalue weighted by Gasteiger charge is 2.39. The lowest BCUT2D eigenvalue weighted by Gasteiger charge is -2.42. The van der Waals surface area contributed by atoms with E-state index in [-0.39, 0.29) is 6.04 Å². The van der Waals surface area contributed by atoms with Crippen LogP contribution in [0.5, 0.6) is 5.88 Å². The maximum Gasteiger partial charge on any atom is 0.228 e. The van der Waals surface area contributed by atoms with Crippen LogP contribution < -0.4 is 15.4 Å². The van der Waals surface area contributed by atoms with Gasteiger partial charge in [0.1, 0.15) is 11.3 Å². The van der Waals surface area contributed by atoms with Gasteiger partial charge in [-0.2, -0.15) is 15.1 Å². The molecule has 1 aliphatic carbocycles. The highest BCUT2D eigenvalue weighted by molar-refractivity contribution is 5.98. The number of aromatic nitrogens is 3. The van der Waals surface area contributed by atoms with E-state index < -0.39 is 5.79 Å². The number of rotatable bonds is 6. The highest BCUT2D eigenvalue weighted by atomic mass is 16.7. The number of anilines is 2. The molecule has 2 aliphatic rings. The average Bonchev–Trinajstić information content (AvgIpc) is 3.29. The molecule has 10 heteroatoms. The standard InChI is InChI=1S/C23H29N7O3/c1-25-18-12-14(4-5-17(18)30-24)16-13-26-20-19(16)21(31-2)29-22(28-20)27-15-6-8-23(9-7-15)32-10-3-11-33-23/h4-5,12-13,15,24-25H,3,6-11H2,1-2H3,(H2,26,27,28,29). The van der Waals surface area contributed by atoms with E-state index in [0.29, 0.717) is 23.2 Å². The van der Waals surface area contributed by atoms with E-state index in [9.17, 15) is 0 Å². The van der Waals surface area contributed by atoms with Crippen LogP contribution >= 0.6 is 0 Å². The molecule has 0 unspecified atom stereocenters. The summed E-state index contributed by atoms with van der Waals surface area (Å²) >= 11 is 0. The van der Waals surface area contributed by atoms with E-state index in [2.05, 4.69) is 25.7 Å². The maximum atomic E-state index is 7.33. The summed E-state index contributed by atoms with van der Waals surface area (Å²) in [6.45, 7) is 1.56. The van der Waals surface area contributed by atoms with Gasteiger partial charge in [-0.15, -0.1) is 0 Å². The molecular weight excluding hydrogens is 422 g/mol. The molecule has 1 spiro atoms. The van der Waals surface area contributed by atoms with Crippen molar-refractivity contribution in [3.63, 3.8) is 0 Å². The molecule has 0 atom stereocenters. The van der Waals surface area contributed by atoms with Crippen molar-refractivity contribution < 1.29 is 14.2 Å². The fraction of sp³-hybridized carbons (Fsp3) is 0.478. The van der Waals surface area contributed by atoms with Crippen molar-refractivity contribution in [2.24, 2.45) is 5.11 Å². The molecule has 0 bridgehead atoms. The largest absolute Gasteiger partial charge is 0.480 e. The first-order valence-electron chi connectivity index (χ1n) is 11.3. The average molecular weight is 452 g/mol. The summed E-state index contributed by atoms with van der Waals surface area (Å²) in [5, 5.41) is 10.9. The molecule has 2 aromatic heterocycles. The molecule has 4 N–H and O–H groups in total. The van der Waals surface area contributed by atoms with Crippen LogP contribution in [-0.2, 0) is 9.47 Å². The van der Waals surface area contributed by atoms with E-state index in [1.807, 2.05) is 31.4 Å². The Balaban J connectivity index is 1.39. The number of nitrogens with one attached hydrogen (secondary N) is 4. The van der Waals surface area contributed by atoms with E-state index in [1.54, 1.807) is 7.11 Å². The Kier molecular flexibility index (Phi) is 5.86. The fourth-order valence-corrected chi connectivity index (χ4v) is 4.73. The lowest BCUT2D eigenvalue weighted by atomic mass is 9.89. The number of hydrogen-bond acceptors (Lipinski definition) is 9. The number of methoxy groups -OCH3 is 1. The summed E-state index contributed by atoms with van der Waals surface area (Å²) in [5.41, 5.74) is 11.3. The van der Waals surface area contributed by atoms with E-state index in [0.717, 1.165) is 67.5 Å². The number of H-pyrrole nitrogens is 1. The molecule has 33 heavy (non-hydrogen) atoms. The van der Waals surface area contributed by atoms with Crippen molar-refractivity contribution in [3.8, 4) is 17.0 Å². The minimum Gasteiger partial charge on any atom is -0.480 e. The Morgan fingerprint density at radius 1 is 1.21 bits per heavy atom. The van der Waals surface area contributed by atoms with Crippen LogP contribution in [0.1, 0.15) is 32.1 Å². The van der Waals surface area contributed by atoms with Crippen LogP contribution in [0.4, 0.5) is 17.3 Å². The van der Waals surface area contributed by atoms with Gasteiger partial charge in [0.15, 0.2) is 5.79 Å².